The van der Waals surface area contributed by atoms with E-state index in [1.54, 1.807) is 0 Å². The van der Waals surface area contributed by atoms with E-state index in [4.69, 9.17) is 0 Å². The predicted octanol–water partition coefficient (Wildman–Crippen LogP) is 1.33. The molecular formula is C4H10N. The molecule has 3 radical (unpaired) electrons. The Kier molecular flexibility index (Phi) is 16.0. The molecule has 5 heavy (non-hydrogen) atoms. The van der Waals surface area contributed by atoms with Crippen molar-refractivity contribution >= 4 is 0 Å². The van der Waals surface area contributed by atoms with Crippen LogP contribution < -0.4 is 6.15 Å². The van der Waals surface area contributed by atoms with Crippen LogP contribution in [0.25, 0.3) is 0 Å². The van der Waals surface area contributed by atoms with Crippen LogP contribution in [0.4, 0.5) is 0 Å². The molecule has 0 spiro atoms. The lowest BCUT2D eigenvalue weighted by molar-refractivity contribution is 0.886. The Morgan fingerprint density at radius 2 is 1.20 bits per heavy atom. The van der Waals surface area contributed by atoms with Gasteiger partial charge in [-0.25, -0.2) is 0 Å². The van der Waals surface area contributed by atoms with Gasteiger partial charge in [-0.1, -0.05) is 26.7 Å². The molecule has 0 aromatic heterocycles. The van der Waals surface area contributed by atoms with Crippen LogP contribution in [0.3, 0.4) is 0 Å². The van der Waals surface area contributed by atoms with E-state index >= 15 is 0 Å². The first-order chi connectivity index (χ1) is 1.91. The van der Waals surface area contributed by atoms with E-state index < -0.39 is 0 Å². The molecule has 0 rings (SSSR count). The summed E-state index contributed by atoms with van der Waals surface area (Å²) >= 11 is 0. The van der Waals surface area contributed by atoms with Crippen molar-refractivity contribution in [3.05, 3.63) is 0 Å². The molecule has 31 valence electrons. The van der Waals surface area contributed by atoms with Gasteiger partial charge in [0.05, 0.1) is 0 Å². The molecule has 1 heteroatoms. The largest absolute Gasteiger partial charge is 0.0654 e. The molecule has 0 aliphatic heterocycles. The van der Waals surface area contributed by atoms with Gasteiger partial charge in [-0.2, -0.15) is 0 Å². The Morgan fingerprint density at radius 3 is 1.20 bits per heavy atom. The first kappa shape index (κ1) is 8.88. The number of unbranched alkanes of at least 4 members (excludes halogenated alkanes) is 1. The molecule has 0 aliphatic rings. The molecular weight excluding hydrogens is 62.1 g/mol. The number of hydrogen-bond acceptors (Lipinski definition) is 0. The number of hydrogen-bond donors (Lipinski definition) is 0. The van der Waals surface area contributed by atoms with Gasteiger partial charge in [-0.3, -0.25) is 0 Å². The summed E-state index contributed by atoms with van der Waals surface area (Å²) in [6.45, 7) is 4.36. The molecule has 0 bridgehead atoms. The van der Waals surface area contributed by atoms with Gasteiger partial charge in [-0.05, 0) is 0 Å². The normalized spacial score (nSPS) is 6.00. The number of nitrogens with zero attached hydrogens (tertiary/aromatic N) is 1. The van der Waals surface area contributed by atoms with Crippen molar-refractivity contribution < 1.29 is 0 Å². The zero-order valence-electron chi connectivity index (χ0n) is 3.86. The minimum atomic E-state index is 0. The van der Waals surface area contributed by atoms with Crippen LogP contribution in [0, 0.1) is 0 Å². The summed E-state index contributed by atoms with van der Waals surface area (Å²) in [4.78, 5) is 0. The van der Waals surface area contributed by atoms with Gasteiger partial charge >= 0.3 is 0 Å². The zero-order chi connectivity index (χ0) is 3.41. The van der Waals surface area contributed by atoms with Gasteiger partial charge in [0.1, 0.15) is 0 Å². The topological polar surface area (TPSA) is 30.5 Å². The summed E-state index contributed by atoms with van der Waals surface area (Å²) in [5.74, 6) is 0. The maximum atomic E-state index is 2.18. The fraction of sp³-hybridized carbons (Fsp3) is 1.00. The lowest BCUT2D eigenvalue weighted by Gasteiger charge is -1.68. The maximum absolute atomic E-state index is 2.18. The molecule has 0 amide bonds. The van der Waals surface area contributed by atoms with E-state index in [0.29, 0.717) is 0 Å². The van der Waals surface area contributed by atoms with E-state index in [0.717, 1.165) is 0 Å². The molecule has 0 aliphatic carbocycles. The van der Waals surface area contributed by atoms with Crippen LogP contribution in [0.5, 0.6) is 0 Å². The van der Waals surface area contributed by atoms with Crippen LogP contribution >= 0.6 is 0 Å². The molecule has 0 heterocycles. The highest BCUT2D eigenvalue weighted by Gasteiger charge is 1.56. The van der Waals surface area contributed by atoms with Crippen molar-refractivity contribution in [3.63, 3.8) is 0 Å². The van der Waals surface area contributed by atoms with Crippen LogP contribution in [0.2, 0.25) is 0 Å². The second-order valence-electron chi connectivity index (χ2n) is 1.000. The third-order valence-corrected chi connectivity index (χ3v) is 0.500. The Balaban J connectivity index is 0. The molecule has 0 atom stereocenters. The van der Waals surface area contributed by atoms with Crippen molar-refractivity contribution in [1.82, 2.24) is 6.15 Å². The smallest absolute Gasteiger partial charge is 0 e. The van der Waals surface area contributed by atoms with Crippen LogP contribution in [-0.4, -0.2) is 0 Å². The van der Waals surface area contributed by atoms with Crippen molar-refractivity contribution in [1.29, 1.82) is 0 Å². The zero-order valence-corrected chi connectivity index (χ0v) is 3.86. The predicted molar refractivity (Wildman–Crippen MR) is 22.7 cm³/mol. The van der Waals surface area contributed by atoms with Gasteiger partial charge in [-0.15, -0.1) is 0 Å². The lowest BCUT2D eigenvalue weighted by Crippen LogP contribution is -1.47. The Hall–Kier alpha value is -0.0400. The third kappa shape index (κ3) is 16.5. The van der Waals surface area contributed by atoms with E-state index in [9.17, 15) is 0 Å². The summed E-state index contributed by atoms with van der Waals surface area (Å²) in [6, 6.07) is 0. The highest BCUT2D eigenvalue weighted by Crippen LogP contribution is 1.76. The first-order valence-electron chi connectivity index (χ1n) is 1.91. The van der Waals surface area contributed by atoms with E-state index in [2.05, 4.69) is 13.8 Å². The van der Waals surface area contributed by atoms with Gasteiger partial charge in [0.15, 0.2) is 0 Å². The Morgan fingerprint density at radius 1 is 1.00 bits per heavy atom. The quantitative estimate of drug-likeness (QED) is 0.447. The van der Waals surface area contributed by atoms with Crippen molar-refractivity contribution in [2.24, 2.45) is 0 Å². The van der Waals surface area contributed by atoms with Crippen LogP contribution in [-0.2, 0) is 0 Å². The van der Waals surface area contributed by atoms with Crippen molar-refractivity contribution in [3.8, 4) is 0 Å². The van der Waals surface area contributed by atoms with Crippen molar-refractivity contribution in [2.75, 3.05) is 0 Å². The third-order valence-electron chi connectivity index (χ3n) is 0.500. The SMILES string of the molecule is CCCC.[N]. The average Bonchev–Trinajstić information content (AvgIpc) is 1.37. The summed E-state index contributed by atoms with van der Waals surface area (Å²) in [5, 5.41) is 0. The maximum Gasteiger partial charge on any atom is 0 e. The second kappa shape index (κ2) is 9.03. The van der Waals surface area contributed by atoms with Gasteiger partial charge in [0, 0.05) is 6.15 Å². The Labute approximate surface area is 34.0 Å². The summed E-state index contributed by atoms with van der Waals surface area (Å²) in [5.41, 5.74) is 0. The van der Waals surface area contributed by atoms with E-state index in [1.165, 1.54) is 12.8 Å². The molecule has 0 unspecified atom stereocenters. The second-order valence-corrected chi connectivity index (χ2v) is 1.000. The van der Waals surface area contributed by atoms with Gasteiger partial charge in [0.25, 0.3) is 0 Å². The lowest BCUT2D eigenvalue weighted by atomic mass is 10.4. The van der Waals surface area contributed by atoms with Crippen molar-refractivity contribution in [2.45, 2.75) is 26.7 Å². The highest BCUT2D eigenvalue weighted by atomic mass is 14.0. The Bertz CT molecular complexity index is 5.61. The number of rotatable bonds is 1. The molecule has 0 aromatic rings. The molecule has 1 nitrogen and oxygen atoms in total. The molecule has 0 saturated heterocycles. The standard InChI is InChI=1S/C4H10.N/c1-3-4-2;/h3-4H2,1-2H3;. The minimum Gasteiger partial charge on any atom is -0.0654 e. The molecule has 0 aromatic carbocycles. The molecule has 0 N–H and O–H groups in total. The van der Waals surface area contributed by atoms with E-state index in [1.807, 2.05) is 0 Å². The summed E-state index contributed by atoms with van der Waals surface area (Å²) < 4.78 is 0. The highest BCUT2D eigenvalue weighted by molar-refractivity contribution is 4.12. The van der Waals surface area contributed by atoms with Crippen LogP contribution in [0.1, 0.15) is 26.7 Å². The minimum absolute atomic E-state index is 0. The van der Waals surface area contributed by atoms with Gasteiger partial charge in [0.2, 0.25) is 0 Å². The van der Waals surface area contributed by atoms with Crippen LogP contribution in [0.15, 0.2) is 0 Å². The van der Waals surface area contributed by atoms with E-state index in [-0.39, 0.29) is 6.15 Å². The monoisotopic (exact) mass is 72.1 g/mol. The van der Waals surface area contributed by atoms with Gasteiger partial charge < -0.3 is 0 Å². The first-order valence-corrected chi connectivity index (χ1v) is 1.91. The fourth-order valence-electron chi connectivity index (χ4n) is 0. The molecule has 0 fully saturated rings. The summed E-state index contributed by atoms with van der Waals surface area (Å²) in [7, 11) is 0. The summed E-state index contributed by atoms with van der Waals surface area (Å²) in [6.07, 6.45) is 2.64. The fourth-order valence-corrected chi connectivity index (χ4v) is 0. The molecule has 0 saturated carbocycles. The average molecular weight is 72.1 g/mol.